The van der Waals surface area contributed by atoms with Gasteiger partial charge in [-0.15, -0.1) is 11.3 Å². The largest absolute Gasteiger partial charge is 0.307 e. The van der Waals surface area contributed by atoms with Gasteiger partial charge in [-0.05, 0) is 30.9 Å². The molecule has 0 saturated heterocycles. The van der Waals surface area contributed by atoms with Crippen molar-refractivity contribution in [1.29, 1.82) is 0 Å². The van der Waals surface area contributed by atoms with Crippen LogP contribution >= 0.6 is 22.9 Å². The molecule has 0 aliphatic carbocycles. The maximum Gasteiger partial charge on any atom is 0.242 e. The van der Waals surface area contributed by atoms with E-state index in [2.05, 4.69) is 15.1 Å². The second-order valence-corrected chi connectivity index (χ2v) is 7.61. The van der Waals surface area contributed by atoms with Crippen molar-refractivity contribution in [3.05, 3.63) is 39.7 Å². The molecule has 2 aromatic heterocycles. The molecule has 0 saturated carbocycles. The first-order valence-electron chi connectivity index (χ1n) is 6.09. The maximum atomic E-state index is 12.3. The van der Waals surface area contributed by atoms with Gasteiger partial charge >= 0.3 is 0 Å². The second kappa shape index (κ2) is 6.71. The lowest BCUT2D eigenvalue weighted by Gasteiger charge is -2.14. The van der Waals surface area contributed by atoms with Crippen molar-refractivity contribution >= 4 is 38.8 Å². The van der Waals surface area contributed by atoms with Gasteiger partial charge < -0.3 is 5.43 Å². The van der Waals surface area contributed by atoms with E-state index in [4.69, 9.17) is 17.4 Å². The number of rotatable bonds is 6. The molecule has 0 fully saturated rings. The fourth-order valence-corrected chi connectivity index (χ4v) is 4.11. The van der Waals surface area contributed by atoms with E-state index in [1.807, 2.05) is 24.4 Å². The standard InChI is InChI=1S/C12H15ClN4O2S2/c1-8(5-9-3-2-4-20-9)17-21(18,19)10-6-11(13)12(16-14)15-7-10/h2-4,6-8,17H,5,14H2,1H3,(H,15,16). The smallest absolute Gasteiger partial charge is 0.242 e. The van der Waals surface area contributed by atoms with Crippen LogP contribution in [0.1, 0.15) is 11.8 Å². The van der Waals surface area contributed by atoms with E-state index in [-0.39, 0.29) is 21.8 Å². The molecule has 9 heteroatoms. The Labute approximate surface area is 132 Å². The van der Waals surface area contributed by atoms with E-state index >= 15 is 0 Å². The zero-order valence-electron chi connectivity index (χ0n) is 11.2. The first-order chi connectivity index (χ1) is 9.92. The van der Waals surface area contributed by atoms with Crippen LogP contribution in [-0.4, -0.2) is 19.4 Å². The Morgan fingerprint density at radius 1 is 1.52 bits per heavy atom. The van der Waals surface area contributed by atoms with Gasteiger partial charge in [-0.25, -0.2) is 24.0 Å². The molecule has 0 spiro atoms. The molecule has 1 unspecified atom stereocenters. The van der Waals surface area contributed by atoms with E-state index in [1.165, 1.54) is 12.3 Å². The Hall–Kier alpha value is -1.19. The van der Waals surface area contributed by atoms with Crippen LogP contribution in [0, 0.1) is 0 Å². The fraction of sp³-hybridized carbons (Fsp3) is 0.250. The van der Waals surface area contributed by atoms with Crippen molar-refractivity contribution in [3.63, 3.8) is 0 Å². The van der Waals surface area contributed by atoms with Gasteiger partial charge in [0.05, 0.1) is 5.02 Å². The van der Waals surface area contributed by atoms with Gasteiger partial charge in [-0.3, -0.25) is 0 Å². The summed E-state index contributed by atoms with van der Waals surface area (Å²) in [5.74, 6) is 5.43. The number of nitrogens with zero attached hydrogens (tertiary/aromatic N) is 1. The highest BCUT2D eigenvalue weighted by Gasteiger charge is 2.19. The number of sulfonamides is 1. The van der Waals surface area contributed by atoms with E-state index in [9.17, 15) is 8.42 Å². The van der Waals surface area contributed by atoms with Gasteiger partial charge in [0.2, 0.25) is 10.0 Å². The SMILES string of the molecule is CC(Cc1cccs1)NS(=O)(=O)c1cnc(NN)c(Cl)c1. The summed E-state index contributed by atoms with van der Waals surface area (Å²) < 4.78 is 27.1. The van der Waals surface area contributed by atoms with E-state index in [0.29, 0.717) is 6.42 Å². The van der Waals surface area contributed by atoms with Crippen LogP contribution in [0.25, 0.3) is 0 Å². The number of hydrazine groups is 1. The Morgan fingerprint density at radius 2 is 2.29 bits per heavy atom. The Morgan fingerprint density at radius 3 is 2.86 bits per heavy atom. The molecule has 0 aliphatic heterocycles. The summed E-state index contributed by atoms with van der Waals surface area (Å²) in [7, 11) is -3.67. The molecule has 4 N–H and O–H groups in total. The predicted molar refractivity (Wildman–Crippen MR) is 84.9 cm³/mol. The average molecular weight is 347 g/mol. The summed E-state index contributed by atoms with van der Waals surface area (Å²) in [5, 5.41) is 2.10. The molecule has 6 nitrogen and oxygen atoms in total. The van der Waals surface area contributed by atoms with Crippen LogP contribution in [0.15, 0.2) is 34.7 Å². The molecule has 0 bridgehead atoms. The number of pyridine rings is 1. The number of nitrogens with one attached hydrogen (secondary N) is 2. The summed E-state index contributed by atoms with van der Waals surface area (Å²) in [6.07, 6.45) is 1.84. The summed E-state index contributed by atoms with van der Waals surface area (Å²) in [4.78, 5) is 4.98. The van der Waals surface area contributed by atoms with Crippen LogP contribution in [0.5, 0.6) is 0 Å². The van der Waals surface area contributed by atoms with Crippen LogP contribution < -0.4 is 16.0 Å². The molecule has 1 atom stereocenters. The average Bonchev–Trinajstić information content (AvgIpc) is 2.90. The van der Waals surface area contributed by atoms with Gasteiger partial charge in [-0.1, -0.05) is 17.7 Å². The van der Waals surface area contributed by atoms with Crippen molar-refractivity contribution < 1.29 is 8.42 Å². The quantitative estimate of drug-likeness (QED) is 0.549. The Balaban J connectivity index is 2.12. The number of anilines is 1. The second-order valence-electron chi connectivity index (χ2n) is 4.45. The van der Waals surface area contributed by atoms with Crippen molar-refractivity contribution in [2.24, 2.45) is 5.84 Å². The molecular formula is C12H15ClN4O2S2. The molecule has 0 amide bonds. The van der Waals surface area contributed by atoms with E-state index in [1.54, 1.807) is 11.3 Å². The predicted octanol–water partition coefficient (Wildman–Crippen LogP) is 1.99. The minimum atomic E-state index is -3.67. The molecule has 21 heavy (non-hydrogen) atoms. The number of hydrogen-bond donors (Lipinski definition) is 3. The van der Waals surface area contributed by atoms with Crippen molar-refractivity contribution in [2.45, 2.75) is 24.3 Å². The molecular weight excluding hydrogens is 332 g/mol. The normalized spacial score (nSPS) is 13.1. The Kier molecular flexibility index (Phi) is 5.17. The number of thiophene rings is 1. The summed E-state index contributed by atoms with van der Waals surface area (Å²) in [6.45, 7) is 1.81. The third-order valence-electron chi connectivity index (χ3n) is 2.71. The topological polar surface area (TPSA) is 97.1 Å². The lowest BCUT2D eigenvalue weighted by Crippen LogP contribution is -2.34. The molecule has 0 aromatic carbocycles. The molecule has 114 valence electrons. The van der Waals surface area contributed by atoms with Crippen LogP contribution in [0.3, 0.4) is 0 Å². The lowest BCUT2D eigenvalue weighted by atomic mass is 10.2. The van der Waals surface area contributed by atoms with Gasteiger partial charge in [-0.2, -0.15) is 0 Å². The van der Waals surface area contributed by atoms with Crippen molar-refractivity contribution in [2.75, 3.05) is 5.43 Å². The first-order valence-corrected chi connectivity index (χ1v) is 8.83. The summed E-state index contributed by atoms with van der Waals surface area (Å²) in [6, 6.07) is 4.97. The highest BCUT2D eigenvalue weighted by atomic mass is 35.5. The van der Waals surface area contributed by atoms with Crippen molar-refractivity contribution in [1.82, 2.24) is 9.71 Å². The summed E-state index contributed by atoms with van der Waals surface area (Å²) in [5.41, 5.74) is 2.29. The Bertz CT molecular complexity index is 704. The van der Waals surface area contributed by atoms with E-state index < -0.39 is 10.0 Å². The zero-order chi connectivity index (χ0) is 15.5. The number of aromatic nitrogens is 1. The monoisotopic (exact) mass is 346 g/mol. The van der Waals surface area contributed by atoms with Gasteiger partial charge in [0, 0.05) is 17.1 Å². The third-order valence-corrected chi connectivity index (χ3v) is 5.45. The number of hydrogen-bond acceptors (Lipinski definition) is 6. The van der Waals surface area contributed by atoms with Crippen LogP contribution in [-0.2, 0) is 16.4 Å². The maximum absolute atomic E-state index is 12.3. The van der Waals surface area contributed by atoms with E-state index in [0.717, 1.165) is 4.88 Å². The van der Waals surface area contributed by atoms with Crippen LogP contribution in [0.4, 0.5) is 5.82 Å². The minimum Gasteiger partial charge on any atom is -0.307 e. The van der Waals surface area contributed by atoms with Crippen LogP contribution in [0.2, 0.25) is 5.02 Å². The third kappa shape index (κ3) is 4.14. The fourth-order valence-electron chi connectivity index (χ4n) is 1.78. The molecule has 2 aromatic rings. The highest BCUT2D eigenvalue weighted by Crippen LogP contribution is 2.22. The van der Waals surface area contributed by atoms with Crippen molar-refractivity contribution in [3.8, 4) is 0 Å². The minimum absolute atomic E-state index is 0.00419. The number of nitrogen functional groups attached to an aromatic ring is 1. The van der Waals surface area contributed by atoms with Gasteiger partial charge in [0.1, 0.15) is 4.90 Å². The highest BCUT2D eigenvalue weighted by molar-refractivity contribution is 7.89. The van der Waals surface area contributed by atoms with Gasteiger partial charge in [0.25, 0.3) is 0 Å². The number of halogens is 1. The molecule has 0 radical (unpaired) electrons. The molecule has 2 heterocycles. The summed E-state index contributed by atoms with van der Waals surface area (Å²) >= 11 is 7.48. The first kappa shape index (κ1) is 16.2. The molecule has 2 rings (SSSR count). The number of nitrogens with two attached hydrogens (primary N) is 1. The van der Waals surface area contributed by atoms with Gasteiger partial charge in [0.15, 0.2) is 5.82 Å². The molecule has 0 aliphatic rings. The zero-order valence-corrected chi connectivity index (χ0v) is 13.6. The lowest BCUT2D eigenvalue weighted by molar-refractivity contribution is 0.560.